The molecule has 0 aromatic heterocycles. The van der Waals surface area contributed by atoms with Crippen LogP contribution in [0.5, 0.6) is 5.75 Å². The zero-order valence-electron chi connectivity index (χ0n) is 21.7. The number of amides is 3. The maximum Gasteiger partial charge on any atom is 0.407 e. The Morgan fingerprint density at radius 3 is 2.47 bits per heavy atom. The Bertz CT molecular complexity index is 1290. The number of carbonyl (C=O) groups excluding carboxylic acids is 3. The average molecular weight is 566 g/mol. The molecule has 3 rings (SSSR count). The molecule has 206 valence electrons. The van der Waals surface area contributed by atoms with E-state index in [-0.39, 0.29) is 17.9 Å². The molecule has 2 aromatic rings. The van der Waals surface area contributed by atoms with Gasteiger partial charge in [0.1, 0.15) is 17.9 Å². The van der Waals surface area contributed by atoms with E-state index in [0.717, 1.165) is 5.56 Å². The fourth-order valence-electron chi connectivity index (χ4n) is 3.91. The molecule has 1 heterocycles. The van der Waals surface area contributed by atoms with E-state index in [1.165, 1.54) is 19.2 Å². The summed E-state index contributed by atoms with van der Waals surface area (Å²) in [6, 6.07) is 10.9. The van der Waals surface area contributed by atoms with Gasteiger partial charge in [0.2, 0.25) is 11.8 Å². The molecule has 0 saturated carbocycles. The quantitative estimate of drug-likeness (QED) is 0.503. The summed E-state index contributed by atoms with van der Waals surface area (Å²) < 4.78 is 38.0. The predicted octanol–water partition coefficient (Wildman–Crippen LogP) is 2.92. The van der Waals surface area contributed by atoms with Gasteiger partial charge in [0.15, 0.2) is 0 Å². The van der Waals surface area contributed by atoms with Gasteiger partial charge in [-0.25, -0.2) is 17.5 Å². The molecule has 0 radical (unpaired) electrons. The molecule has 1 saturated heterocycles. The summed E-state index contributed by atoms with van der Waals surface area (Å²) >= 11 is 6.11. The lowest BCUT2D eigenvalue weighted by Gasteiger charge is -2.23. The first kappa shape index (κ1) is 29.2. The highest BCUT2D eigenvalue weighted by Gasteiger charge is 2.38. The number of methoxy groups -OCH3 is 1. The Hall–Kier alpha value is -3.31. The molecule has 2 N–H and O–H groups in total. The Balaban J connectivity index is 1.74. The summed E-state index contributed by atoms with van der Waals surface area (Å²) in [7, 11) is -2.83. The number of hydrogen-bond acceptors (Lipinski definition) is 7. The molecule has 1 aliphatic heterocycles. The number of rotatable bonds is 8. The molecule has 1 unspecified atom stereocenters. The van der Waals surface area contributed by atoms with Gasteiger partial charge in [-0.3, -0.25) is 9.59 Å². The molecule has 0 spiro atoms. The van der Waals surface area contributed by atoms with Crippen molar-refractivity contribution in [1.82, 2.24) is 14.9 Å². The highest BCUT2D eigenvalue weighted by molar-refractivity contribution is 7.89. The molecule has 3 amide bonds. The van der Waals surface area contributed by atoms with Crippen LogP contribution in [0.1, 0.15) is 31.9 Å². The Kier molecular flexibility index (Phi) is 9.26. The maximum atomic E-state index is 13.4. The number of carbonyl (C=O) groups is 3. The van der Waals surface area contributed by atoms with Crippen LogP contribution in [0.25, 0.3) is 0 Å². The van der Waals surface area contributed by atoms with Gasteiger partial charge in [0.25, 0.3) is 10.0 Å². The van der Waals surface area contributed by atoms with Crippen molar-refractivity contribution in [3.63, 3.8) is 0 Å². The normalized spacial score (nSPS) is 16.4. The number of ether oxygens (including phenoxy) is 2. The summed E-state index contributed by atoms with van der Waals surface area (Å²) in [4.78, 5) is 37.4. The minimum absolute atomic E-state index is 0.0249. The molecular weight excluding hydrogens is 534 g/mol. The van der Waals surface area contributed by atoms with Crippen LogP contribution in [0.3, 0.4) is 0 Å². The Morgan fingerprint density at radius 1 is 1.16 bits per heavy atom. The summed E-state index contributed by atoms with van der Waals surface area (Å²) in [5.41, 5.74) is 0.781. The van der Waals surface area contributed by atoms with Crippen LogP contribution in [-0.4, -0.2) is 63.0 Å². The largest absolute Gasteiger partial charge is 0.496 e. The number of hydrogen-bond donors (Lipinski definition) is 2. The van der Waals surface area contributed by atoms with E-state index in [2.05, 4.69) is 10.6 Å². The molecule has 1 fully saturated rings. The monoisotopic (exact) mass is 565 g/mol. The molecule has 1 aliphatic rings. The molecule has 10 nitrogen and oxygen atoms in total. The van der Waals surface area contributed by atoms with Crippen LogP contribution in [0, 0.1) is 5.92 Å². The molecular formula is C26H32ClN3O7S. The second-order valence-electron chi connectivity index (χ2n) is 9.83. The first-order valence-corrected chi connectivity index (χ1v) is 13.8. The highest BCUT2D eigenvalue weighted by atomic mass is 35.5. The fourth-order valence-corrected chi connectivity index (χ4v) is 5.51. The second kappa shape index (κ2) is 12.0. The smallest absolute Gasteiger partial charge is 0.407 e. The molecule has 38 heavy (non-hydrogen) atoms. The first-order chi connectivity index (χ1) is 17.8. The van der Waals surface area contributed by atoms with Gasteiger partial charge in [-0.15, -0.1) is 0 Å². The van der Waals surface area contributed by atoms with Crippen LogP contribution in [0.2, 0.25) is 5.02 Å². The molecule has 0 aliphatic carbocycles. The van der Waals surface area contributed by atoms with Gasteiger partial charge in [-0.1, -0.05) is 23.7 Å². The number of sulfonamides is 1. The number of halogens is 1. The van der Waals surface area contributed by atoms with Gasteiger partial charge >= 0.3 is 6.09 Å². The van der Waals surface area contributed by atoms with E-state index in [4.69, 9.17) is 21.1 Å². The standard InChI is InChI=1S/C26H32ClN3O7S/c1-26(2,3)37-25(33)28-12-11-17-5-8-21(9-6-17)38(34,35)30-16-23(31)29-15-19(24(30)32)13-18-14-20(27)7-10-22(18)36-4/h5-10,14,19H,11-13,15-16H2,1-4H3,(H,28,33)(H,29,31). The number of nitrogens with zero attached hydrogens (tertiary/aromatic N) is 1. The molecule has 1 atom stereocenters. The van der Waals surface area contributed by atoms with E-state index in [0.29, 0.717) is 33.6 Å². The zero-order chi connectivity index (χ0) is 28.1. The lowest BCUT2D eigenvalue weighted by molar-refractivity contribution is -0.131. The van der Waals surface area contributed by atoms with Crippen molar-refractivity contribution < 1.29 is 32.3 Å². The topological polar surface area (TPSA) is 131 Å². The van der Waals surface area contributed by atoms with Crippen LogP contribution in [0.15, 0.2) is 47.4 Å². The van der Waals surface area contributed by atoms with E-state index in [1.807, 2.05) is 0 Å². The van der Waals surface area contributed by atoms with Crippen molar-refractivity contribution in [2.24, 2.45) is 5.92 Å². The van der Waals surface area contributed by atoms with E-state index >= 15 is 0 Å². The lowest BCUT2D eigenvalue weighted by atomic mass is 9.98. The van der Waals surface area contributed by atoms with Crippen LogP contribution in [0.4, 0.5) is 4.79 Å². The summed E-state index contributed by atoms with van der Waals surface area (Å²) in [6.07, 6.45) is 0.0201. The van der Waals surface area contributed by atoms with Crippen LogP contribution >= 0.6 is 11.6 Å². The first-order valence-electron chi connectivity index (χ1n) is 12.0. The fraction of sp³-hybridized carbons (Fsp3) is 0.423. The molecule has 2 aromatic carbocycles. The summed E-state index contributed by atoms with van der Waals surface area (Å²) in [5.74, 6) is -1.62. The minimum Gasteiger partial charge on any atom is -0.496 e. The van der Waals surface area contributed by atoms with Gasteiger partial charge < -0.3 is 20.1 Å². The number of benzene rings is 2. The van der Waals surface area contributed by atoms with E-state index < -0.39 is 46.0 Å². The van der Waals surface area contributed by atoms with Gasteiger partial charge in [0.05, 0.1) is 17.9 Å². The average Bonchev–Trinajstić information content (AvgIpc) is 2.97. The van der Waals surface area contributed by atoms with Crippen molar-refractivity contribution in [3.8, 4) is 5.75 Å². The molecule has 12 heteroatoms. The zero-order valence-corrected chi connectivity index (χ0v) is 23.3. The predicted molar refractivity (Wildman–Crippen MR) is 141 cm³/mol. The minimum atomic E-state index is -4.31. The van der Waals surface area contributed by atoms with Crippen LogP contribution in [-0.2, 0) is 37.2 Å². The third-order valence-electron chi connectivity index (χ3n) is 5.73. The van der Waals surface area contributed by atoms with E-state index in [1.54, 1.807) is 51.1 Å². The molecule has 0 bridgehead atoms. The Morgan fingerprint density at radius 2 is 1.84 bits per heavy atom. The van der Waals surface area contributed by atoms with Crippen molar-refractivity contribution in [1.29, 1.82) is 0 Å². The third kappa shape index (κ3) is 7.61. The Labute approximate surface area is 227 Å². The number of alkyl carbamates (subject to hydrolysis) is 1. The third-order valence-corrected chi connectivity index (χ3v) is 7.72. The van der Waals surface area contributed by atoms with Crippen LogP contribution < -0.4 is 15.4 Å². The van der Waals surface area contributed by atoms with E-state index in [9.17, 15) is 22.8 Å². The van der Waals surface area contributed by atoms with Crippen molar-refractivity contribution >= 4 is 39.5 Å². The summed E-state index contributed by atoms with van der Waals surface area (Å²) in [6.45, 7) is 4.94. The van der Waals surface area contributed by atoms with Crippen molar-refractivity contribution in [2.45, 2.75) is 44.1 Å². The number of nitrogens with one attached hydrogen (secondary N) is 2. The van der Waals surface area contributed by atoms with Crippen molar-refractivity contribution in [2.75, 3.05) is 26.7 Å². The highest BCUT2D eigenvalue weighted by Crippen LogP contribution is 2.28. The van der Waals surface area contributed by atoms with Gasteiger partial charge in [-0.05, 0) is 75.1 Å². The van der Waals surface area contributed by atoms with Gasteiger partial charge in [0, 0.05) is 18.1 Å². The second-order valence-corrected chi connectivity index (χ2v) is 12.1. The SMILES string of the molecule is COc1ccc(Cl)cc1CC1CNC(=O)CN(S(=O)(=O)c2ccc(CCNC(=O)OC(C)(C)C)cc2)C1=O. The van der Waals surface area contributed by atoms with Crippen molar-refractivity contribution in [3.05, 3.63) is 58.6 Å². The lowest BCUT2D eigenvalue weighted by Crippen LogP contribution is -2.42. The van der Waals surface area contributed by atoms with Gasteiger partial charge in [-0.2, -0.15) is 0 Å². The summed E-state index contributed by atoms with van der Waals surface area (Å²) in [5, 5.41) is 5.71. The maximum absolute atomic E-state index is 13.4.